The minimum absolute atomic E-state index is 0.0259. The Kier molecular flexibility index (Phi) is 12.1. The van der Waals surface area contributed by atoms with Gasteiger partial charge in [-0.1, -0.05) is 24.3 Å². The summed E-state index contributed by atoms with van der Waals surface area (Å²) < 4.78 is 5.40. The Hall–Kier alpha value is -2.64. The maximum Gasteiger partial charge on any atom is 0.234 e. The summed E-state index contributed by atoms with van der Waals surface area (Å²) in [5.74, 6) is 0.779. The zero-order valence-electron chi connectivity index (χ0n) is 17.4. The van der Waals surface area contributed by atoms with Crippen LogP contribution < -0.4 is 15.4 Å². The van der Waals surface area contributed by atoms with E-state index in [0.717, 1.165) is 49.2 Å². The third-order valence-electron chi connectivity index (χ3n) is 4.52. The minimum Gasteiger partial charge on any atom is -0.495 e. The number of aliphatic hydroxyl groups is 1. The average molecular weight is 404 g/mol. The molecule has 1 aromatic rings. The van der Waals surface area contributed by atoms with E-state index in [9.17, 15) is 14.7 Å². The van der Waals surface area contributed by atoms with E-state index in [4.69, 9.17) is 4.74 Å². The van der Waals surface area contributed by atoms with Crippen molar-refractivity contribution in [2.75, 3.05) is 38.6 Å². The smallest absolute Gasteiger partial charge is 0.234 e. The van der Waals surface area contributed by atoms with Crippen molar-refractivity contribution in [2.24, 2.45) is 0 Å². The highest BCUT2D eigenvalue weighted by atomic mass is 16.5. The first kappa shape index (κ1) is 24.4. The number of anilines is 1. The van der Waals surface area contributed by atoms with E-state index in [2.05, 4.69) is 22.1 Å². The van der Waals surface area contributed by atoms with Gasteiger partial charge in [-0.25, -0.2) is 0 Å². The molecule has 0 aliphatic carbocycles. The predicted octanol–water partition coefficient (Wildman–Crippen LogP) is 2.13. The van der Waals surface area contributed by atoms with Crippen LogP contribution in [0, 0.1) is 0 Å². The van der Waals surface area contributed by atoms with Gasteiger partial charge >= 0.3 is 0 Å². The number of carbonyl (C=O) groups excluding carboxylic acids is 2. The normalized spacial score (nSPS) is 14.6. The summed E-state index contributed by atoms with van der Waals surface area (Å²) in [4.78, 5) is 23.2. The van der Waals surface area contributed by atoms with Crippen LogP contribution in [0.1, 0.15) is 25.3 Å². The van der Waals surface area contributed by atoms with Gasteiger partial charge in [0.25, 0.3) is 0 Å². The second-order valence-electron chi connectivity index (χ2n) is 6.60. The van der Waals surface area contributed by atoms with E-state index >= 15 is 0 Å². The van der Waals surface area contributed by atoms with E-state index in [1.54, 1.807) is 26.2 Å². The number of likely N-dealkylation sites (tertiary alicyclic amines) is 1. The van der Waals surface area contributed by atoms with Gasteiger partial charge in [-0.3, -0.25) is 14.5 Å². The summed E-state index contributed by atoms with van der Waals surface area (Å²) in [5.41, 5.74) is 1.70. The second-order valence-corrected chi connectivity index (χ2v) is 6.60. The number of hydrogen-bond donors (Lipinski definition) is 3. The molecule has 0 radical (unpaired) electrons. The molecule has 1 fully saturated rings. The summed E-state index contributed by atoms with van der Waals surface area (Å²) in [6.45, 7) is 8.03. The Morgan fingerprint density at radius 1 is 1.38 bits per heavy atom. The SMILES string of the molecule is C/C=C/C=O.C=CCNC(=O)CN1CCC(Nc2c(CO)cccc2OC)CC1. The van der Waals surface area contributed by atoms with Crippen molar-refractivity contribution in [3.63, 3.8) is 0 Å². The van der Waals surface area contributed by atoms with Crippen molar-refractivity contribution in [1.82, 2.24) is 10.2 Å². The van der Waals surface area contributed by atoms with Gasteiger partial charge in [0.2, 0.25) is 5.91 Å². The summed E-state index contributed by atoms with van der Waals surface area (Å²) in [6.07, 6.45) is 7.45. The number of hydrogen-bond acceptors (Lipinski definition) is 6. The quantitative estimate of drug-likeness (QED) is 0.332. The number of rotatable bonds is 9. The van der Waals surface area contributed by atoms with Gasteiger partial charge in [0.1, 0.15) is 12.0 Å². The first-order valence-electron chi connectivity index (χ1n) is 9.79. The number of para-hydroxylation sites is 1. The van der Waals surface area contributed by atoms with Crippen molar-refractivity contribution in [3.05, 3.63) is 48.6 Å². The zero-order valence-corrected chi connectivity index (χ0v) is 17.4. The summed E-state index contributed by atoms with van der Waals surface area (Å²) in [7, 11) is 1.63. The topological polar surface area (TPSA) is 90.9 Å². The number of amides is 1. The molecule has 29 heavy (non-hydrogen) atoms. The van der Waals surface area contributed by atoms with E-state index in [1.807, 2.05) is 18.2 Å². The predicted molar refractivity (Wildman–Crippen MR) is 116 cm³/mol. The van der Waals surface area contributed by atoms with Crippen LogP contribution in [0.25, 0.3) is 0 Å². The van der Waals surface area contributed by atoms with E-state index in [1.165, 1.54) is 6.08 Å². The molecule has 1 saturated heterocycles. The third-order valence-corrected chi connectivity index (χ3v) is 4.52. The molecule has 3 N–H and O–H groups in total. The van der Waals surface area contributed by atoms with Crippen molar-refractivity contribution < 1.29 is 19.4 Å². The van der Waals surface area contributed by atoms with Crippen LogP contribution in [0.5, 0.6) is 5.75 Å². The number of nitrogens with one attached hydrogen (secondary N) is 2. The first-order chi connectivity index (χ1) is 14.1. The highest BCUT2D eigenvalue weighted by molar-refractivity contribution is 5.78. The number of aldehydes is 1. The highest BCUT2D eigenvalue weighted by Crippen LogP contribution is 2.30. The molecular formula is C22H33N3O4. The molecule has 1 aromatic carbocycles. The highest BCUT2D eigenvalue weighted by Gasteiger charge is 2.22. The fraction of sp³-hybridized carbons (Fsp3) is 0.455. The van der Waals surface area contributed by atoms with Crippen LogP contribution in [-0.4, -0.2) is 61.5 Å². The van der Waals surface area contributed by atoms with Gasteiger partial charge < -0.3 is 20.5 Å². The second kappa shape index (κ2) is 14.4. The van der Waals surface area contributed by atoms with Gasteiger partial charge in [0.15, 0.2) is 0 Å². The molecule has 1 aliphatic heterocycles. The van der Waals surface area contributed by atoms with Crippen LogP contribution in [-0.2, 0) is 16.2 Å². The zero-order chi connectivity index (χ0) is 21.5. The molecule has 0 bridgehead atoms. The van der Waals surface area contributed by atoms with Gasteiger partial charge in [-0.2, -0.15) is 0 Å². The van der Waals surface area contributed by atoms with E-state index < -0.39 is 0 Å². The van der Waals surface area contributed by atoms with Gasteiger partial charge in [-0.15, -0.1) is 6.58 Å². The third kappa shape index (κ3) is 8.93. The van der Waals surface area contributed by atoms with Crippen LogP contribution in [0.2, 0.25) is 0 Å². The molecular weight excluding hydrogens is 370 g/mol. The number of nitrogens with zero attached hydrogens (tertiary/aromatic N) is 1. The minimum atomic E-state index is -0.0259. The van der Waals surface area contributed by atoms with Crippen LogP contribution >= 0.6 is 0 Å². The fourth-order valence-electron chi connectivity index (χ4n) is 3.01. The maximum absolute atomic E-state index is 11.7. The number of methoxy groups -OCH3 is 1. The molecule has 0 atom stereocenters. The Bertz CT molecular complexity index is 646. The Labute approximate surface area is 173 Å². The molecule has 7 heteroatoms. The molecule has 2 rings (SSSR count). The number of benzene rings is 1. The number of carbonyl (C=O) groups is 2. The number of allylic oxidation sites excluding steroid dienone is 2. The first-order valence-corrected chi connectivity index (χ1v) is 9.79. The van der Waals surface area contributed by atoms with E-state index in [0.29, 0.717) is 19.1 Å². The molecule has 0 aromatic heterocycles. The van der Waals surface area contributed by atoms with Crippen molar-refractivity contribution in [2.45, 2.75) is 32.4 Å². The number of piperidine rings is 1. The molecule has 1 amide bonds. The van der Waals surface area contributed by atoms with Crippen LogP contribution in [0.3, 0.4) is 0 Å². The molecule has 0 unspecified atom stereocenters. The Morgan fingerprint density at radius 2 is 2.10 bits per heavy atom. The van der Waals surface area contributed by atoms with Gasteiger partial charge in [0.05, 0.1) is 25.9 Å². The number of aliphatic hydroxyl groups excluding tert-OH is 1. The van der Waals surface area contributed by atoms with Crippen molar-refractivity contribution >= 4 is 17.9 Å². The van der Waals surface area contributed by atoms with E-state index in [-0.39, 0.29) is 12.5 Å². The monoisotopic (exact) mass is 403 g/mol. The molecule has 160 valence electrons. The van der Waals surface area contributed by atoms with Gasteiger partial charge in [0, 0.05) is 31.2 Å². The summed E-state index contributed by atoms with van der Waals surface area (Å²) >= 11 is 0. The average Bonchev–Trinajstić information content (AvgIpc) is 2.74. The molecule has 0 spiro atoms. The Morgan fingerprint density at radius 3 is 2.62 bits per heavy atom. The van der Waals surface area contributed by atoms with Crippen molar-refractivity contribution in [3.8, 4) is 5.75 Å². The summed E-state index contributed by atoms with van der Waals surface area (Å²) in [5, 5.41) is 15.8. The van der Waals surface area contributed by atoms with Gasteiger partial charge in [-0.05, 0) is 31.9 Å². The van der Waals surface area contributed by atoms with Crippen molar-refractivity contribution in [1.29, 1.82) is 0 Å². The number of ether oxygens (including phenoxy) is 1. The standard InChI is InChI=1S/C18H27N3O3.C4H6O/c1-3-9-19-17(23)12-21-10-7-15(8-11-21)20-18-14(13-22)5-4-6-16(18)24-2;1-2-3-4-5/h3-6,15,20,22H,1,7-13H2,2H3,(H,19,23);2-4H,1H3/b;3-2+. The van der Waals surface area contributed by atoms with Crippen LogP contribution in [0.4, 0.5) is 5.69 Å². The summed E-state index contributed by atoms with van der Waals surface area (Å²) in [6, 6.07) is 5.96. The maximum atomic E-state index is 11.7. The van der Waals surface area contributed by atoms with Crippen LogP contribution in [0.15, 0.2) is 43.0 Å². The lowest BCUT2D eigenvalue weighted by Crippen LogP contribution is -2.44. The molecule has 1 heterocycles. The fourth-order valence-corrected chi connectivity index (χ4v) is 3.01. The lowest BCUT2D eigenvalue weighted by molar-refractivity contribution is -0.122. The molecule has 1 aliphatic rings. The largest absolute Gasteiger partial charge is 0.495 e. The lowest BCUT2D eigenvalue weighted by atomic mass is 10.0. The molecule has 0 saturated carbocycles. The lowest BCUT2D eigenvalue weighted by Gasteiger charge is -2.33. The Balaban J connectivity index is 0.000000749. The molecule has 7 nitrogen and oxygen atoms in total.